The van der Waals surface area contributed by atoms with Gasteiger partial charge in [-0.15, -0.1) is 0 Å². The summed E-state index contributed by atoms with van der Waals surface area (Å²) >= 11 is 12.3. The van der Waals surface area contributed by atoms with E-state index in [0.29, 0.717) is 29.6 Å². The third-order valence-corrected chi connectivity index (χ3v) is 5.44. The molecule has 1 amide bonds. The van der Waals surface area contributed by atoms with Crippen molar-refractivity contribution in [3.63, 3.8) is 0 Å². The molecule has 4 nitrogen and oxygen atoms in total. The molecule has 6 heteroatoms. The number of hydrogen-bond donors (Lipinski definition) is 1. The molecule has 0 unspecified atom stereocenters. The number of carbonyl (C=O) groups is 1. The van der Waals surface area contributed by atoms with Gasteiger partial charge in [0.15, 0.2) is 0 Å². The lowest BCUT2D eigenvalue weighted by atomic mass is 10.1. The zero-order valence-electron chi connectivity index (χ0n) is 14.2. The molecular weight excluding hydrogens is 369 g/mol. The summed E-state index contributed by atoms with van der Waals surface area (Å²) in [5.74, 6) is 0.164. The van der Waals surface area contributed by atoms with E-state index < -0.39 is 0 Å². The molecular formula is C20H19Cl2N3O. The predicted molar refractivity (Wildman–Crippen MR) is 107 cm³/mol. The first-order chi connectivity index (χ1) is 12.6. The Balaban J connectivity index is 1.40. The van der Waals surface area contributed by atoms with Crippen LogP contribution >= 0.6 is 23.2 Å². The Morgan fingerprint density at radius 1 is 1.04 bits per heavy atom. The molecule has 2 aromatic carbocycles. The van der Waals surface area contributed by atoms with Crippen LogP contribution in [0.2, 0.25) is 10.0 Å². The highest BCUT2D eigenvalue weighted by atomic mass is 35.5. The maximum atomic E-state index is 12.7. The van der Waals surface area contributed by atoms with Gasteiger partial charge in [-0.1, -0.05) is 41.4 Å². The van der Waals surface area contributed by atoms with Crippen molar-refractivity contribution in [3.05, 3.63) is 64.3 Å². The topological polar surface area (TPSA) is 39.3 Å². The Labute approximate surface area is 162 Å². The Bertz CT molecular complexity index is 945. The summed E-state index contributed by atoms with van der Waals surface area (Å²) in [5.41, 5.74) is 3.09. The Morgan fingerprint density at radius 2 is 1.81 bits per heavy atom. The number of H-pyrrole nitrogens is 1. The summed E-state index contributed by atoms with van der Waals surface area (Å²) in [6.07, 6.45) is 2.36. The summed E-state index contributed by atoms with van der Waals surface area (Å²) in [7, 11) is 0. The molecule has 2 heterocycles. The quantitative estimate of drug-likeness (QED) is 0.724. The van der Waals surface area contributed by atoms with Gasteiger partial charge in [0.2, 0.25) is 5.91 Å². The van der Waals surface area contributed by atoms with Gasteiger partial charge in [0.1, 0.15) is 0 Å². The molecule has 134 valence electrons. The molecule has 1 aliphatic heterocycles. The zero-order chi connectivity index (χ0) is 18.1. The molecule has 26 heavy (non-hydrogen) atoms. The molecule has 0 bridgehead atoms. The smallest absolute Gasteiger partial charge is 0.227 e. The molecule has 1 aliphatic rings. The fraction of sp³-hybridized carbons (Fsp3) is 0.250. The summed E-state index contributed by atoms with van der Waals surface area (Å²) < 4.78 is 0. The van der Waals surface area contributed by atoms with E-state index in [0.717, 1.165) is 35.2 Å². The molecule has 0 saturated carbocycles. The normalized spacial score (nSPS) is 14.8. The number of benzene rings is 2. The van der Waals surface area contributed by atoms with E-state index in [1.807, 2.05) is 41.4 Å². The lowest BCUT2D eigenvalue weighted by Crippen LogP contribution is -2.49. The van der Waals surface area contributed by atoms with Crippen LogP contribution in [-0.2, 0) is 11.2 Å². The van der Waals surface area contributed by atoms with Gasteiger partial charge < -0.3 is 14.8 Å². The Morgan fingerprint density at radius 3 is 2.58 bits per heavy atom. The molecule has 1 N–H and O–H groups in total. The van der Waals surface area contributed by atoms with E-state index >= 15 is 0 Å². The summed E-state index contributed by atoms with van der Waals surface area (Å²) in [6, 6.07) is 13.6. The van der Waals surface area contributed by atoms with Gasteiger partial charge >= 0.3 is 0 Å². The van der Waals surface area contributed by atoms with E-state index in [4.69, 9.17) is 23.2 Å². The predicted octanol–water partition coefficient (Wildman–Crippen LogP) is 4.37. The van der Waals surface area contributed by atoms with Crippen molar-refractivity contribution in [1.29, 1.82) is 0 Å². The average molecular weight is 388 g/mol. The minimum Gasteiger partial charge on any atom is -0.367 e. The molecule has 0 spiro atoms. The monoisotopic (exact) mass is 387 g/mol. The number of rotatable bonds is 3. The highest BCUT2D eigenvalue weighted by Crippen LogP contribution is 2.29. The molecule has 1 fully saturated rings. The molecule has 1 aromatic heterocycles. The van der Waals surface area contributed by atoms with Crippen molar-refractivity contribution in [2.75, 3.05) is 31.1 Å². The second kappa shape index (κ2) is 7.22. The summed E-state index contributed by atoms with van der Waals surface area (Å²) in [4.78, 5) is 20.1. The summed E-state index contributed by atoms with van der Waals surface area (Å²) in [6.45, 7) is 2.92. The number of nitrogens with zero attached hydrogens (tertiary/aromatic N) is 2. The minimum atomic E-state index is 0.164. The number of aromatic nitrogens is 1. The van der Waals surface area contributed by atoms with Crippen LogP contribution in [0.5, 0.6) is 0 Å². The molecule has 1 saturated heterocycles. The van der Waals surface area contributed by atoms with Crippen LogP contribution in [-0.4, -0.2) is 42.0 Å². The second-order valence-electron chi connectivity index (χ2n) is 6.50. The first-order valence-electron chi connectivity index (χ1n) is 8.64. The van der Waals surface area contributed by atoms with Gasteiger partial charge in [-0.2, -0.15) is 0 Å². The van der Waals surface area contributed by atoms with Crippen LogP contribution in [0, 0.1) is 0 Å². The number of carbonyl (C=O) groups excluding carboxylic acids is 1. The van der Waals surface area contributed by atoms with E-state index in [1.54, 1.807) is 6.07 Å². The van der Waals surface area contributed by atoms with Crippen molar-refractivity contribution in [2.24, 2.45) is 0 Å². The maximum absolute atomic E-state index is 12.7. The van der Waals surface area contributed by atoms with Crippen LogP contribution in [0.1, 0.15) is 5.56 Å². The average Bonchev–Trinajstić information content (AvgIpc) is 3.05. The van der Waals surface area contributed by atoms with Crippen molar-refractivity contribution >= 4 is 45.7 Å². The fourth-order valence-electron chi connectivity index (χ4n) is 3.49. The van der Waals surface area contributed by atoms with E-state index in [2.05, 4.69) is 16.0 Å². The number of halogens is 2. The van der Waals surface area contributed by atoms with Gasteiger partial charge in [0.25, 0.3) is 0 Å². The van der Waals surface area contributed by atoms with Crippen molar-refractivity contribution in [2.45, 2.75) is 6.42 Å². The Hall–Kier alpha value is -2.17. The lowest BCUT2D eigenvalue weighted by molar-refractivity contribution is -0.130. The van der Waals surface area contributed by atoms with Gasteiger partial charge in [0, 0.05) is 48.3 Å². The fourth-order valence-corrected chi connectivity index (χ4v) is 4.02. The van der Waals surface area contributed by atoms with E-state index in [-0.39, 0.29) is 5.91 Å². The third-order valence-electron chi connectivity index (χ3n) is 4.90. The van der Waals surface area contributed by atoms with Crippen LogP contribution in [0.15, 0.2) is 48.7 Å². The number of nitrogens with one attached hydrogen (secondary N) is 1. The van der Waals surface area contributed by atoms with Crippen LogP contribution in [0.4, 0.5) is 5.69 Å². The van der Waals surface area contributed by atoms with Crippen LogP contribution in [0.3, 0.4) is 0 Å². The number of piperazine rings is 1. The largest absolute Gasteiger partial charge is 0.367 e. The number of anilines is 1. The molecule has 0 aliphatic carbocycles. The van der Waals surface area contributed by atoms with Gasteiger partial charge in [-0.25, -0.2) is 0 Å². The summed E-state index contributed by atoms with van der Waals surface area (Å²) in [5, 5.41) is 2.40. The van der Waals surface area contributed by atoms with E-state index in [9.17, 15) is 4.79 Å². The minimum absolute atomic E-state index is 0.164. The second-order valence-corrected chi connectivity index (χ2v) is 7.34. The standard InChI is InChI=1S/C20H19Cl2N3O/c21-15-5-6-19(17(22)12-15)24-7-9-25(10-8-24)20(26)11-14-13-23-18-4-2-1-3-16(14)18/h1-6,12-13,23H,7-11H2. The first kappa shape index (κ1) is 17.3. The van der Waals surface area contributed by atoms with E-state index in [1.165, 1.54) is 0 Å². The zero-order valence-corrected chi connectivity index (χ0v) is 15.7. The van der Waals surface area contributed by atoms with Crippen molar-refractivity contribution in [3.8, 4) is 0 Å². The molecule has 4 rings (SSSR count). The number of aromatic amines is 1. The van der Waals surface area contributed by atoms with Gasteiger partial charge in [-0.05, 0) is 29.8 Å². The number of fused-ring (bicyclic) bond motifs is 1. The van der Waals surface area contributed by atoms with Gasteiger partial charge in [0.05, 0.1) is 17.1 Å². The van der Waals surface area contributed by atoms with Crippen molar-refractivity contribution < 1.29 is 4.79 Å². The number of hydrogen-bond acceptors (Lipinski definition) is 2. The lowest BCUT2D eigenvalue weighted by Gasteiger charge is -2.36. The first-order valence-corrected chi connectivity index (χ1v) is 9.40. The number of amides is 1. The highest BCUT2D eigenvalue weighted by molar-refractivity contribution is 6.36. The molecule has 0 atom stereocenters. The van der Waals surface area contributed by atoms with Crippen LogP contribution < -0.4 is 4.90 Å². The van der Waals surface area contributed by atoms with Crippen molar-refractivity contribution in [1.82, 2.24) is 9.88 Å². The molecule has 3 aromatic rings. The maximum Gasteiger partial charge on any atom is 0.227 e. The Kier molecular flexibility index (Phi) is 4.79. The van der Waals surface area contributed by atoms with Crippen LogP contribution in [0.25, 0.3) is 10.9 Å². The van der Waals surface area contributed by atoms with Gasteiger partial charge in [-0.3, -0.25) is 4.79 Å². The number of para-hydroxylation sites is 1. The SMILES string of the molecule is O=C(Cc1c[nH]c2ccccc12)N1CCN(c2ccc(Cl)cc2Cl)CC1. The third kappa shape index (κ3) is 3.39. The highest BCUT2D eigenvalue weighted by Gasteiger charge is 2.23. The molecule has 0 radical (unpaired) electrons.